The van der Waals surface area contributed by atoms with Crippen molar-refractivity contribution in [3.05, 3.63) is 191 Å². The van der Waals surface area contributed by atoms with E-state index in [2.05, 4.69) is 129 Å². The second kappa shape index (κ2) is 18.6. The van der Waals surface area contributed by atoms with E-state index in [0.717, 1.165) is 76.9 Å². The Morgan fingerprint density at radius 1 is 0.400 bits per heavy atom. The molecule has 4 aromatic heterocycles. The summed E-state index contributed by atoms with van der Waals surface area (Å²) in [5.41, 5.74) is 19.0. The molecule has 4 aromatic carbocycles. The fraction of sp³-hybridized carbons (Fsp3) is 0.217. The van der Waals surface area contributed by atoms with Gasteiger partial charge in [-0.1, -0.05) is 79.7 Å². The van der Waals surface area contributed by atoms with Gasteiger partial charge in [0.25, 0.3) is 0 Å². The molecule has 2 N–H and O–H groups in total. The standard InChI is InChI=1S/C23H24N4.C12H14N2.C11H13N3/c1-18-16-22(26(24-18)20-10-5-3-6-11-20)14-9-15-23-17-19(2)25-27(23)21-12-7-4-8-13-21;1-3-11-9-10(2)13-14(11)12-7-5-4-6-8-12;1-9-7-11(8-12)14(13-9)10-5-3-2-4-6-10/h3-8,10-13,16-17H,9,14-15H2,1-2H3;4-9H,3H2,1-2H3;2-7H,8,12H2,1H3. The van der Waals surface area contributed by atoms with E-state index in [9.17, 15) is 0 Å². The van der Waals surface area contributed by atoms with Crippen LogP contribution in [-0.2, 0) is 25.8 Å². The maximum absolute atomic E-state index is 5.64. The number of hydrogen-bond donors (Lipinski definition) is 1. The first kappa shape index (κ1) is 38.4. The van der Waals surface area contributed by atoms with Crippen LogP contribution in [0.25, 0.3) is 22.7 Å². The summed E-state index contributed by atoms with van der Waals surface area (Å²) in [4.78, 5) is 0. The van der Waals surface area contributed by atoms with Crippen LogP contribution in [0, 0.1) is 27.7 Å². The molecule has 4 heterocycles. The summed E-state index contributed by atoms with van der Waals surface area (Å²) in [7, 11) is 0. The van der Waals surface area contributed by atoms with E-state index < -0.39 is 0 Å². The van der Waals surface area contributed by atoms with Crippen molar-refractivity contribution in [2.45, 2.75) is 66.8 Å². The Bertz CT molecular complexity index is 2180. The first-order valence-corrected chi connectivity index (χ1v) is 19.0. The molecule has 0 bridgehead atoms. The molecule has 0 amide bonds. The van der Waals surface area contributed by atoms with Crippen LogP contribution < -0.4 is 5.73 Å². The third-order valence-corrected chi connectivity index (χ3v) is 9.06. The minimum atomic E-state index is 0.510. The van der Waals surface area contributed by atoms with Crippen molar-refractivity contribution < 1.29 is 0 Å². The average molecular weight is 730 g/mol. The number of benzene rings is 4. The molecule has 0 aliphatic rings. The Balaban J connectivity index is 0.000000155. The summed E-state index contributed by atoms with van der Waals surface area (Å²) < 4.78 is 8.02. The van der Waals surface area contributed by atoms with Crippen molar-refractivity contribution in [2.24, 2.45) is 5.73 Å². The molecular weight excluding hydrogens is 679 g/mol. The van der Waals surface area contributed by atoms with Gasteiger partial charge in [0.1, 0.15) is 0 Å². The molecule has 0 radical (unpaired) electrons. The number of nitrogens with zero attached hydrogens (tertiary/aromatic N) is 8. The van der Waals surface area contributed by atoms with Crippen LogP contribution in [0.5, 0.6) is 0 Å². The first-order valence-electron chi connectivity index (χ1n) is 19.0. The quantitative estimate of drug-likeness (QED) is 0.151. The smallest absolute Gasteiger partial charge is 0.0649 e. The number of nitrogens with two attached hydrogens (primary N) is 1. The molecule has 0 fully saturated rings. The van der Waals surface area contributed by atoms with Crippen LogP contribution in [0.15, 0.2) is 146 Å². The van der Waals surface area contributed by atoms with Crippen LogP contribution >= 0.6 is 0 Å². The van der Waals surface area contributed by atoms with E-state index >= 15 is 0 Å². The second-order valence-corrected chi connectivity index (χ2v) is 13.5. The number of hydrogen-bond acceptors (Lipinski definition) is 5. The van der Waals surface area contributed by atoms with Gasteiger partial charge in [0.05, 0.1) is 51.2 Å². The Labute approximate surface area is 324 Å². The average Bonchev–Trinajstić information content (AvgIpc) is 4.01. The van der Waals surface area contributed by atoms with E-state index in [0.29, 0.717) is 6.54 Å². The second-order valence-electron chi connectivity index (χ2n) is 13.5. The number of aryl methyl sites for hydroxylation is 7. The predicted molar refractivity (Wildman–Crippen MR) is 222 cm³/mol. The lowest BCUT2D eigenvalue weighted by molar-refractivity contribution is 0.706. The fourth-order valence-electron chi connectivity index (χ4n) is 6.59. The summed E-state index contributed by atoms with van der Waals surface area (Å²) >= 11 is 0. The van der Waals surface area contributed by atoms with Crippen LogP contribution in [0.2, 0.25) is 0 Å². The summed E-state index contributed by atoms with van der Waals surface area (Å²) in [5.74, 6) is 0. The van der Waals surface area contributed by atoms with Gasteiger partial charge in [-0.2, -0.15) is 20.4 Å². The minimum Gasteiger partial charge on any atom is -0.325 e. The van der Waals surface area contributed by atoms with E-state index in [1.807, 2.05) is 89.9 Å². The Hall–Kier alpha value is -6.32. The van der Waals surface area contributed by atoms with E-state index in [4.69, 9.17) is 5.73 Å². The zero-order valence-electron chi connectivity index (χ0n) is 32.5. The van der Waals surface area contributed by atoms with Crippen molar-refractivity contribution in [2.75, 3.05) is 0 Å². The highest BCUT2D eigenvalue weighted by Gasteiger charge is 2.11. The molecule has 8 rings (SSSR count). The molecule has 9 nitrogen and oxygen atoms in total. The van der Waals surface area contributed by atoms with Crippen molar-refractivity contribution in [1.29, 1.82) is 0 Å². The number of para-hydroxylation sites is 4. The SMILES string of the molecule is CCc1cc(C)nn1-c1ccccc1.Cc1cc(CCCc2cc(C)nn2-c2ccccc2)n(-c2ccccc2)n1.Cc1cc(CN)n(-c2ccccc2)n1. The molecule has 280 valence electrons. The van der Waals surface area contributed by atoms with Crippen molar-refractivity contribution >= 4 is 0 Å². The molecule has 0 atom stereocenters. The highest BCUT2D eigenvalue weighted by Crippen LogP contribution is 2.18. The number of rotatable bonds is 10. The van der Waals surface area contributed by atoms with Gasteiger partial charge in [0.2, 0.25) is 0 Å². The van der Waals surface area contributed by atoms with Crippen molar-refractivity contribution in [3.63, 3.8) is 0 Å². The molecule has 0 saturated carbocycles. The molecule has 0 aliphatic heterocycles. The lowest BCUT2D eigenvalue weighted by Crippen LogP contribution is -2.06. The highest BCUT2D eigenvalue weighted by atomic mass is 15.3. The zero-order chi connectivity index (χ0) is 38.6. The third kappa shape index (κ3) is 10.0. The summed E-state index contributed by atoms with van der Waals surface area (Å²) in [6.07, 6.45) is 4.02. The van der Waals surface area contributed by atoms with Gasteiger partial charge in [0.15, 0.2) is 0 Å². The van der Waals surface area contributed by atoms with Gasteiger partial charge in [-0.3, -0.25) is 0 Å². The third-order valence-electron chi connectivity index (χ3n) is 9.06. The molecule has 8 aromatic rings. The van der Waals surface area contributed by atoms with Crippen molar-refractivity contribution in [3.8, 4) is 22.7 Å². The van der Waals surface area contributed by atoms with E-state index in [1.54, 1.807) is 0 Å². The molecule has 0 spiro atoms. The number of aromatic nitrogens is 8. The van der Waals surface area contributed by atoms with E-state index in [-0.39, 0.29) is 0 Å². The lowest BCUT2D eigenvalue weighted by atomic mass is 10.1. The van der Waals surface area contributed by atoms with Crippen LogP contribution in [0.3, 0.4) is 0 Å². The minimum absolute atomic E-state index is 0.510. The lowest BCUT2D eigenvalue weighted by Gasteiger charge is -2.09. The topological polar surface area (TPSA) is 97.3 Å². The van der Waals surface area contributed by atoms with Gasteiger partial charge < -0.3 is 5.73 Å². The van der Waals surface area contributed by atoms with Crippen molar-refractivity contribution in [1.82, 2.24) is 39.1 Å². The largest absolute Gasteiger partial charge is 0.325 e. The van der Waals surface area contributed by atoms with Crippen LogP contribution in [-0.4, -0.2) is 39.1 Å². The zero-order valence-corrected chi connectivity index (χ0v) is 32.5. The maximum Gasteiger partial charge on any atom is 0.0649 e. The van der Waals surface area contributed by atoms with Gasteiger partial charge in [-0.15, -0.1) is 0 Å². The first-order chi connectivity index (χ1) is 26.8. The van der Waals surface area contributed by atoms with Gasteiger partial charge in [-0.05, 0) is 126 Å². The normalized spacial score (nSPS) is 10.7. The fourth-order valence-corrected chi connectivity index (χ4v) is 6.59. The van der Waals surface area contributed by atoms with Gasteiger partial charge in [0, 0.05) is 23.6 Å². The summed E-state index contributed by atoms with van der Waals surface area (Å²) in [6.45, 7) is 10.8. The molecule has 0 aliphatic carbocycles. The molecule has 55 heavy (non-hydrogen) atoms. The van der Waals surface area contributed by atoms with Gasteiger partial charge >= 0.3 is 0 Å². The van der Waals surface area contributed by atoms with Gasteiger partial charge in [-0.25, -0.2) is 18.7 Å². The summed E-state index contributed by atoms with van der Waals surface area (Å²) in [6, 6.07) is 49.4. The highest BCUT2D eigenvalue weighted by molar-refractivity contribution is 5.36. The maximum atomic E-state index is 5.64. The molecule has 0 saturated heterocycles. The monoisotopic (exact) mass is 729 g/mol. The van der Waals surface area contributed by atoms with E-state index in [1.165, 1.54) is 17.1 Å². The molecule has 0 unspecified atom stereocenters. The Morgan fingerprint density at radius 3 is 0.982 bits per heavy atom. The molecular formula is C46H51N9. The summed E-state index contributed by atoms with van der Waals surface area (Å²) in [5, 5.41) is 18.2. The Morgan fingerprint density at radius 2 is 0.673 bits per heavy atom. The Kier molecular flexibility index (Phi) is 13.0. The molecule has 9 heteroatoms. The van der Waals surface area contributed by atoms with Crippen LogP contribution in [0.4, 0.5) is 0 Å². The van der Waals surface area contributed by atoms with Crippen LogP contribution in [0.1, 0.15) is 58.9 Å². The predicted octanol–water partition coefficient (Wildman–Crippen LogP) is 9.23.